The molecule has 2 aliphatic rings. The van der Waals surface area contributed by atoms with E-state index in [0.29, 0.717) is 17.5 Å². The van der Waals surface area contributed by atoms with Crippen LogP contribution in [-0.4, -0.2) is 24.2 Å². The Morgan fingerprint density at radius 2 is 1.96 bits per heavy atom. The molecule has 0 spiro atoms. The van der Waals surface area contributed by atoms with Gasteiger partial charge in [-0.25, -0.2) is 0 Å². The van der Waals surface area contributed by atoms with Crippen molar-refractivity contribution in [2.24, 2.45) is 11.7 Å². The van der Waals surface area contributed by atoms with Crippen molar-refractivity contribution in [3.8, 4) is 0 Å². The third kappa shape index (κ3) is 2.79. The van der Waals surface area contributed by atoms with Gasteiger partial charge in [0.1, 0.15) is 5.84 Å². The molecule has 0 aromatic heterocycles. The lowest BCUT2D eigenvalue weighted by Gasteiger charge is -2.24. The number of hydrogen-bond acceptors (Lipinski definition) is 3. The van der Waals surface area contributed by atoms with Crippen LogP contribution in [0.3, 0.4) is 0 Å². The second-order valence-corrected chi connectivity index (χ2v) is 5.56. The van der Waals surface area contributed by atoms with Crippen molar-refractivity contribution in [1.29, 1.82) is 5.41 Å². The van der Waals surface area contributed by atoms with Gasteiger partial charge < -0.3 is 15.4 Å². The summed E-state index contributed by atoms with van der Waals surface area (Å²) in [5.41, 5.74) is 5.60. The molecule has 120 valence electrons. The average Bonchev–Trinajstić information content (AvgIpc) is 2.84. The van der Waals surface area contributed by atoms with Crippen molar-refractivity contribution in [2.45, 2.75) is 18.7 Å². The molecule has 1 aliphatic heterocycles. The first-order valence-corrected chi connectivity index (χ1v) is 7.04. The number of nitrogens with two attached hydrogens (primary N) is 1. The lowest BCUT2D eigenvalue weighted by Crippen LogP contribution is -2.24. The summed E-state index contributed by atoms with van der Waals surface area (Å²) < 4.78 is 44.7. The van der Waals surface area contributed by atoms with Gasteiger partial charge >= 0.3 is 13.3 Å². The van der Waals surface area contributed by atoms with Crippen LogP contribution >= 0.6 is 0 Å². The molecule has 1 heterocycles. The van der Waals surface area contributed by atoms with Gasteiger partial charge in [0.15, 0.2) is 0 Å². The maximum absolute atomic E-state index is 13.1. The molecule has 2 atom stereocenters. The second kappa shape index (κ2) is 5.54. The zero-order valence-corrected chi connectivity index (χ0v) is 12.0. The van der Waals surface area contributed by atoms with Gasteiger partial charge in [-0.2, -0.15) is 13.2 Å². The Balaban J connectivity index is 1.97. The average molecular weight is 322 g/mol. The molecule has 4 nitrogen and oxygen atoms in total. The Kier molecular flexibility index (Phi) is 3.81. The first kappa shape index (κ1) is 15.8. The van der Waals surface area contributed by atoms with E-state index in [2.05, 4.69) is 0 Å². The molecule has 23 heavy (non-hydrogen) atoms. The number of benzene rings is 1. The number of amidine groups is 1. The van der Waals surface area contributed by atoms with Crippen LogP contribution in [0.4, 0.5) is 13.2 Å². The molecule has 8 heteroatoms. The van der Waals surface area contributed by atoms with Gasteiger partial charge in [0, 0.05) is 11.5 Å². The number of hydrogen-bond donors (Lipinski definition) is 3. The van der Waals surface area contributed by atoms with E-state index < -0.39 is 30.9 Å². The second-order valence-electron chi connectivity index (χ2n) is 5.56. The lowest BCUT2D eigenvalue weighted by atomic mass is 9.67. The van der Waals surface area contributed by atoms with Gasteiger partial charge in [-0.05, 0) is 17.5 Å². The molecule has 0 bridgehead atoms. The number of allylic oxidation sites excluding steroid dienone is 3. The number of nitrogen functional groups attached to an aromatic ring is 1. The van der Waals surface area contributed by atoms with Crippen molar-refractivity contribution in [1.82, 2.24) is 0 Å². The number of fused-ring (bicyclic) bond motifs is 1. The van der Waals surface area contributed by atoms with E-state index in [-0.39, 0.29) is 11.3 Å². The van der Waals surface area contributed by atoms with Crippen molar-refractivity contribution >= 4 is 13.0 Å². The molecule has 3 rings (SSSR count). The molecule has 0 saturated carbocycles. The summed E-state index contributed by atoms with van der Waals surface area (Å²) in [6.07, 6.45) is -2.37. The summed E-state index contributed by atoms with van der Waals surface area (Å²) in [7, 11) is -1.57. The van der Waals surface area contributed by atoms with Gasteiger partial charge in [-0.1, -0.05) is 36.4 Å². The highest BCUT2D eigenvalue weighted by Crippen LogP contribution is 2.48. The van der Waals surface area contributed by atoms with E-state index in [9.17, 15) is 18.2 Å². The molecule has 1 fully saturated rings. The Hall–Kier alpha value is -2.06. The lowest BCUT2D eigenvalue weighted by molar-refractivity contribution is -0.0893. The summed E-state index contributed by atoms with van der Waals surface area (Å²) in [5, 5.41) is 17.3. The first-order valence-electron chi connectivity index (χ1n) is 7.04. The van der Waals surface area contributed by atoms with Crippen LogP contribution in [-0.2, 0) is 4.65 Å². The van der Waals surface area contributed by atoms with Gasteiger partial charge in [0.25, 0.3) is 0 Å². The minimum absolute atomic E-state index is 0.0931. The third-order valence-electron chi connectivity index (χ3n) is 4.15. The maximum Gasteiger partial charge on any atom is 0.488 e. The fourth-order valence-electron chi connectivity index (χ4n) is 3.09. The van der Waals surface area contributed by atoms with E-state index in [1.54, 1.807) is 24.3 Å². The predicted molar refractivity (Wildman–Crippen MR) is 79.6 cm³/mol. The van der Waals surface area contributed by atoms with Crippen molar-refractivity contribution in [2.75, 3.05) is 0 Å². The highest BCUT2D eigenvalue weighted by molar-refractivity contribution is 6.53. The molecule has 1 aromatic rings. The van der Waals surface area contributed by atoms with Crippen LogP contribution in [0, 0.1) is 11.3 Å². The Morgan fingerprint density at radius 1 is 1.30 bits per heavy atom. The van der Waals surface area contributed by atoms with Crippen LogP contribution in [0.15, 0.2) is 47.5 Å². The van der Waals surface area contributed by atoms with E-state index in [4.69, 9.17) is 15.8 Å². The fraction of sp³-hybridized carbons (Fsp3) is 0.267. The standard InChI is InChI=1S/C15H14BF3N2O2/c17-15(18,19)11-3-1-2-10-12(11)16(22)23-13(10)8-4-6-9(7-5-8)14(20)21/h1,3-7,10,13,22H,2H2,(H3,20,21). The van der Waals surface area contributed by atoms with Crippen molar-refractivity contribution < 1.29 is 22.8 Å². The summed E-state index contributed by atoms with van der Waals surface area (Å²) in [4.78, 5) is 0. The minimum Gasteiger partial charge on any atom is -0.423 e. The molecule has 1 aliphatic carbocycles. The molecule has 1 aromatic carbocycles. The van der Waals surface area contributed by atoms with Gasteiger partial charge in [-0.3, -0.25) is 5.41 Å². The van der Waals surface area contributed by atoms with Crippen molar-refractivity contribution in [3.63, 3.8) is 0 Å². The first-order chi connectivity index (χ1) is 10.8. The van der Waals surface area contributed by atoms with Gasteiger partial charge in [-0.15, -0.1) is 0 Å². The zero-order chi connectivity index (χ0) is 16.8. The number of nitrogens with one attached hydrogen (secondary N) is 1. The highest BCUT2D eigenvalue weighted by atomic mass is 19.4. The SMILES string of the molecule is N=C(N)c1ccc(C2OB(O)C3=C(C(F)(F)F)C=CCC32)cc1. The fourth-order valence-corrected chi connectivity index (χ4v) is 3.09. The van der Waals surface area contributed by atoms with Crippen LogP contribution < -0.4 is 5.73 Å². The quantitative estimate of drug-likeness (QED) is 0.445. The molecule has 0 amide bonds. The number of alkyl halides is 3. The van der Waals surface area contributed by atoms with E-state index in [0.717, 1.165) is 6.08 Å². The molecule has 4 N–H and O–H groups in total. The molecule has 1 saturated heterocycles. The summed E-state index contributed by atoms with van der Waals surface area (Å²) in [6, 6.07) is 6.53. The monoisotopic (exact) mass is 322 g/mol. The largest absolute Gasteiger partial charge is 0.488 e. The summed E-state index contributed by atoms with van der Waals surface area (Å²) >= 11 is 0. The molecular formula is C15H14BF3N2O2. The molecular weight excluding hydrogens is 308 g/mol. The summed E-state index contributed by atoms with van der Waals surface area (Å²) in [5.74, 6) is -0.653. The predicted octanol–water partition coefficient (Wildman–Crippen LogP) is 2.50. The van der Waals surface area contributed by atoms with E-state index in [1.165, 1.54) is 6.08 Å². The van der Waals surface area contributed by atoms with Crippen LogP contribution in [0.2, 0.25) is 0 Å². The van der Waals surface area contributed by atoms with Gasteiger partial charge in [0.2, 0.25) is 0 Å². The van der Waals surface area contributed by atoms with Crippen LogP contribution in [0.25, 0.3) is 0 Å². The zero-order valence-electron chi connectivity index (χ0n) is 12.0. The van der Waals surface area contributed by atoms with E-state index >= 15 is 0 Å². The normalized spacial score (nSPS) is 24.1. The van der Waals surface area contributed by atoms with Gasteiger partial charge in [0.05, 0.1) is 11.7 Å². The van der Waals surface area contributed by atoms with Crippen LogP contribution in [0.5, 0.6) is 0 Å². The number of halogens is 3. The smallest absolute Gasteiger partial charge is 0.423 e. The Morgan fingerprint density at radius 3 is 2.52 bits per heavy atom. The van der Waals surface area contributed by atoms with Crippen LogP contribution in [0.1, 0.15) is 23.7 Å². The van der Waals surface area contributed by atoms with Crippen molar-refractivity contribution in [3.05, 3.63) is 58.6 Å². The Bertz CT molecular complexity index is 698. The highest BCUT2D eigenvalue weighted by Gasteiger charge is 2.50. The summed E-state index contributed by atoms with van der Waals surface area (Å²) in [6.45, 7) is 0. The number of rotatable bonds is 2. The molecule has 0 radical (unpaired) electrons. The molecule has 2 unspecified atom stereocenters. The topological polar surface area (TPSA) is 79.3 Å². The van der Waals surface area contributed by atoms with E-state index in [1.807, 2.05) is 0 Å². The maximum atomic E-state index is 13.1. The third-order valence-corrected chi connectivity index (χ3v) is 4.15. The Labute approximate surface area is 131 Å². The minimum atomic E-state index is -4.53.